The number of hydrogen-bond acceptors (Lipinski definition) is 3. The fraction of sp³-hybridized carbons (Fsp3) is 0.0952. The highest BCUT2D eigenvalue weighted by Crippen LogP contribution is 2.36. The number of amides is 2. The summed E-state index contributed by atoms with van der Waals surface area (Å²) < 4.78 is 0. The third-order valence-corrected chi connectivity index (χ3v) is 4.43. The third-order valence-electron chi connectivity index (χ3n) is 4.43. The van der Waals surface area contributed by atoms with Gasteiger partial charge in [-0.05, 0) is 30.0 Å². The van der Waals surface area contributed by atoms with E-state index in [1.165, 1.54) is 4.90 Å². The molecule has 0 spiro atoms. The van der Waals surface area contributed by atoms with Gasteiger partial charge in [-0.15, -0.1) is 0 Å². The first-order valence-corrected chi connectivity index (χ1v) is 8.36. The summed E-state index contributed by atoms with van der Waals surface area (Å²) in [4.78, 5) is 26.4. The van der Waals surface area contributed by atoms with E-state index >= 15 is 0 Å². The predicted octanol–water partition coefficient (Wildman–Crippen LogP) is 3.26. The molecule has 1 heterocycles. The molecule has 5 nitrogen and oxygen atoms in total. The summed E-state index contributed by atoms with van der Waals surface area (Å²) in [5.41, 5.74) is 5.94. The van der Waals surface area contributed by atoms with Crippen LogP contribution in [0.5, 0.6) is 0 Å². The summed E-state index contributed by atoms with van der Waals surface area (Å²) in [6.07, 6.45) is 1.58. The van der Waals surface area contributed by atoms with Crippen molar-refractivity contribution in [3.05, 3.63) is 77.4 Å². The molecule has 0 radical (unpaired) electrons. The maximum Gasteiger partial charge on any atom is 0.260 e. The zero-order valence-corrected chi connectivity index (χ0v) is 14.3. The lowest BCUT2D eigenvalue weighted by atomic mass is 10.1. The molecule has 1 N–H and O–H groups in total. The quantitative estimate of drug-likeness (QED) is 0.584. The molecule has 0 unspecified atom stereocenters. The van der Waals surface area contributed by atoms with Crippen LogP contribution in [-0.2, 0) is 4.79 Å². The van der Waals surface area contributed by atoms with Gasteiger partial charge in [0, 0.05) is 10.9 Å². The summed E-state index contributed by atoms with van der Waals surface area (Å²) >= 11 is 0. The van der Waals surface area contributed by atoms with E-state index in [4.69, 9.17) is 0 Å². The molecule has 4 rings (SSSR count). The van der Waals surface area contributed by atoms with E-state index in [1.807, 2.05) is 61.5 Å². The molecular formula is C21H17N3O2. The van der Waals surface area contributed by atoms with Crippen molar-refractivity contribution in [3.63, 3.8) is 0 Å². The largest absolute Gasteiger partial charge is 0.298 e. The lowest BCUT2D eigenvalue weighted by molar-refractivity contribution is -0.119. The van der Waals surface area contributed by atoms with Crippen molar-refractivity contribution in [2.75, 3.05) is 11.4 Å². The van der Waals surface area contributed by atoms with Gasteiger partial charge in [-0.3, -0.25) is 14.5 Å². The number of benzene rings is 3. The molecule has 2 amide bonds. The van der Waals surface area contributed by atoms with Crippen LogP contribution in [0.3, 0.4) is 0 Å². The van der Waals surface area contributed by atoms with Crippen molar-refractivity contribution in [2.24, 2.45) is 5.10 Å². The van der Waals surface area contributed by atoms with Gasteiger partial charge in [0.05, 0.1) is 11.9 Å². The first kappa shape index (κ1) is 16.0. The Labute approximate surface area is 150 Å². The van der Waals surface area contributed by atoms with Gasteiger partial charge in [0.25, 0.3) is 11.8 Å². The molecule has 0 aromatic heterocycles. The van der Waals surface area contributed by atoms with E-state index in [0.29, 0.717) is 5.56 Å². The van der Waals surface area contributed by atoms with Crippen molar-refractivity contribution in [2.45, 2.75) is 6.92 Å². The van der Waals surface area contributed by atoms with Gasteiger partial charge in [0.2, 0.25) is 0 Å². The Bertz CT molecular complexity index is 1030. The number of aryl methyl sites for hydroxylation is 1. The highest BCUT2D eigenvalue weighted by Gasteiger charge is 2.30. The van der Waals surface area contributed by atoms with E-state index in [2.05, 4.69) is 10.5 Å². The first-order valence-electron chi connectivity index (χ1n) is 8.36. The van der Waals surface area contributed by atoms with Crippen LogP contribution in [0.25, 0.3) is 10.8 Å². The standard InChI is InChI=1S/C21H17N3O2/c1-14-8-10-15(11-9-14)12-22-23-19(25)13-24-18-7-3-5-16-4-2-6-17(20(16)18)21(24)26/h2-12H,13H2,1H3,(H,23,25)/b22-12-. The van der Waals surface area contributed by atoms with Crippen LogP contribution in [0.1, 0.15) is 21.5 Å². The summed E-state index contributed by atoms with van der Waals surface area (Å²) in [7, 11) is 0. The van der Waals surface area contributed by atoms with Crippen LogP contribution < -0.4 is 10.3 Å². The third kappa shape index (κ3) is 2.84. The maximum atomic E-state index is 12.6. The highest BCUT2D eigenvalue weighted by molar-refractivity contribution is 6.26. The van der Waals surface area contributed by atoms with Crippen molar-refractivity contribution in [1.82, 2.24) is 5.43 Å². The second-order valence-corrected chi connectivity index (χ2v) is 6.28. The molecule has 5 heteroatoms. The summed E-state index contributed by atoms with van der Waals surface area (Å²) in [6.45, 7) is 1.94. The maximum absolute atomic E-state index is 12.6. The Balaban J connectivity index is 1.48. The molecule has 1 aliphatic rings. The van der Waals surface area contributed by atoms with E-state index in [1.54, 1.807) is 12.3 Å². The average molecular weight is 343 g/mol. The zero-order chi connectivity index (χ0) is 18.1. The molecule has 128 valence electrons. The number of nitrogens with zero attached hydrogens (tertiary/aromatic N) is 2. The van der Waals surface area contributed by atoms with Crippen molar-refractivity contribution in [1.29, 1.82) is 0 Å². The topological polar surface area (TPSA) is 61.8 Å². The molecule has 0 aliphatic carbocycles. The van der Waals surface area contributed by atoms with Gasteiger partial charge in [0.1, 0.15) is 6.54 Å². The average Bonchev–Trinajstić information content (AvgIpc) is 2.92. The summed E-state index contributed by atoms with van der Waals surface area (Å²) in [5, 5.41) is 5.87. The SMILES string of the molecule is Cc1ccc(/C=N\NC(=O)CN2C(=O)c3cccc4cccc2c34)cc1. The number of carbonyl (C=O) groups excluding carboxylic acids is 2. The molecular weight excluding hydrogens is 326 g/mol. The van der Waals surface area contributed by atoms with Crippen LogP contribution >= 0.6 is 0 Å². The number of nitrogens with one attached hydrogen (secondary N) is 1. The number of hydrogen-bond donors (Lipinski definition) is 1. The van der Waals surface area contributed by atoms with E-state index in [9.17, 15) is 9.59 Å². The minimum Gasteiger partial charge on any atom is -0.298 e. The van der Waals surface area contributed by atoms with Gasteiger partial charge in [-0.1, -0.05) is 54.1 Å². The molecule has 0 saturated carbocycles. The highest BCUT2D eigenvalue weighted by atomic mass is 16.2. The fourth-order valence-electron chi connectivity index (χ4n) is 3.15. The molecule has 0 saturated heterocycles. The summed E-state index contributed by atoms with van der Waals surface area (Å²) in [6, 6.07) is 19.1. The minimum atomic E-state index is -0.341. The van der Waals surface area contributed by atoms with Gasteiger partial charge < -0.3 is 0 Å². The monoisotopic (exact) mass is 343 g/mol. The lowest BCUT2D eigenvalue weighted by Crippen LogP contribution is -2.37. The number of rotatable bonds is 4. The van der Waals surface area contributed by atoms with E-state index < -0.39 is 0 Å². The number of anilines is 1. The Morgan fingerprint density at radius 1 is 1.08 bits per heavy atom. The molecule has 1 aliphatic heterocycles. The number of carbonyl (C=O) groups is 2. The lowest BCUT2D eigenvalue weighted by Gasteiger charge is -2.16. The smallest absolute Gasteiger partial charge is 0.260 e. The van der Waals surface area contributed by atoms with Gasteiger partial charge in [0.15, 0.2) is 0 Å². The van der Waals surface area contributed by atoms with E-state index in [-0.39, 0.29) is 18.4 Å². The first-order chi connectivity index (χ1) is 12.6. The van der Waals surface area contributed by atoms with E-state index in [0.717, 1.165) is 27.6 Å². The second-order valence-electron chi connectivity index (χ2n) is 6.28. The molecule has 0 bridgehead atoms. The minimum absolute atomic E-state index is 0.0716. The predicted molar refractivity (Wildman–Crippen MR) is 103 cm³/mol. The Morgan fingerprint density at radius 3 is 2.58 bits per heavy atom. The van der Waals surface area contributed by atoms with Crippen LogP contribution in [0.4, 0.5) is 5.69 Å². The van der Waals surface area contributed by atoms with Crippen LogP contribution in [0, 0.1) is 6.92 Å². The van der Waals surface area contributed by atoms with Crippen molar-refractivity contribution >= 4 is 34.5 Å². The summed E-state index contributed by atoms with van der Waals surface area (Å²) in [5.74, 6) is -0.499. The van der Waals surface area contributed by atoms with Crippen molar-refractivity contribution < 1.29 is 9.59 Å². The van der Waals surface area contributed by atoms with Crippen LogP contribution in [-0.4, -0.2) is 24.6 Å². The Kier molecular flexibility index (Phi) is 3.97. The van der Waals surface area contributed by atoms with Crippen LogP contribution in [0.2, 0.25) is 0 Å². The molecule has 0 atom stereocenters. The Morgan fingerprint density at radius 2 is 1.81 bits per heavy atom. The normalized spacial score (nSPS) is 13.0. The zero-order valence-electron chi connectivity index (χ0n) is 14.3. The molecule has 3 aromatic rings. The molecule has 26 heavy (non-hydrogen) atoms. The van der Waals surface area contributed by atoms with Gasteiger partial charge in [-0.25, -0.2) is 5.43 Å². The fourth-order valence-corrected chi connectivity index (χ4v) is 3.15. The van der Waals surface area contributed by atoms with Crippen LogP contribution in [0.15, 0.2) is 65.8 Å². The van der Waals surface area contributed by atoms with Crippen molar-refractivity contribution in [3.8, 4) is 0 Å². The molecule has 0 fully saturated rings. The Hall–Kier alpha value is -3.47. The van der Waals surface area contributed by atoms with Gasteiger partial charge >= 0.3 is 0 Å². The number of hydrazone groups is 1. The molecule has 3 aromatic carbocycles. The second kappa shape index (κ2) is 6.44. The van der Waals surface area contributed by atoms with Gasteiger partial charge in [-0.2, -0.15) is 5.10 Å².